The monoisotopic (exact) mass is 232 g/mol. The maximum Gasteiger partial charge on any atom is 0.332 e. The summed E-state index contributed by atoms with van der Waals surface area (Å²) in [5, 5.41) is 12.9. The number of carboxylic acids is 1. The molecule has 7 heteroatoms. The third kappa shape index (κ3) is 5.30. The highest BCUT2D eigenvalue weighted by atomic mass is 16.5. The fourth-order valence-corrected chi connectivity index (χ4v) is 0.844. The van der Waals surface area contributed by atoms with Gasteiger partial charge in [-0.15, -0.1) is 0 Å². The Morgan fingerprint density at radius 3 is 2.25 bits per heavy atom. The molecule has 0 spiro atoms. The molecule has 0 aliphatic heterocycles. The standard InChI is InChI=1S/C9H16N2O5/c1-4-10-9(15)11-7(12)5(2)16-6(3)8(13)14/h5-6H,4H2,1-3H3,(H,13,14)(H2,10,11,12,15)/t5?,6-/m1/s1. The summed E-state index contributed by atoms with van der Waals surface area (Å²) in [5.74, 6) is -1.85. The van der Waals surface area contributed by atoms with E-state index in [1.165, 1.54) is 13.8 Å². The zero-order valence-electron chi connectivity index (χ0n) is 9.44. The van der Waals surface area contributed by atoms with Gasteiger partial charge in [-0.1, -0.05) is 0 Å². The number of hydrogen-bond acceptors (Lipinski definition) is 4. The quantitative estimate of drug-likeness (QED) is 0.604. The number of nitrogens with one attached hydrogen (secondary N) is 2. The Hall–Kier alpha value is -1.63. The second-order valence-electron chi connectivity index (χ2n) is 3.11. The molecule has 0 aromatic carbocycles. The van der Waals surface area contributed by atoms with Gasteiger partial charge in [0.1, 0.15) is 6.10 Å². The molecule has 0 saturated carbocycles. The number of amides is 3. The lowest BCUT2D eigenvalue weighted by Gasteiger charge is -2.15. The van der Waals surface area contributed by atoms with Gasteiger partial charge in [0.15, 0.2) is 6.10 Å². The highest BCUT2D eigenvalue weighted by molar-refractivity contribution is 5.96. The van der Waals surface area contributed by atoms with Crippen molar-refractivity contribution in [3.8, 4) is 0 Å². The molecule has 3 amide bonds. The first kappa shape index (κ1) is 14.4. The smallest absolute Gasteiger partial charge is 0.332 e. The van der Waals surface area contributed by atoms with Gasteiger partial charge in [-0.3, -0.25) is 10.1 Å². The molecule has 1 unspecified atom stereocenters. The number of carbonyl (C=O) groups excluding carboxylic acids is 2. The first-order valence-corrected chi connectivity index (χ1v) is 4.85. The van der Waals surface area contributed by atoms with E-state index in [0.717, 1.165) is 0 Å². The molecule has 0 aliphatic carbocycles. The Kier molecular flexibility index (Phi) is 6.09. The Labute approximate surface area is 93.2 Å². The van der Waals surface area contributed by atoms with Gasteiger partial charge in [-0.25, -0.2) is 9.59 Å². The minimum absolute atomic E-state index is 0.389. The Bertz CT molecular complexity index is 279. The number of aliphatic carboxylic acids is 1. The van der Waals surface area contributed by atoms with Crippen molar-refractivity contribution in [3.63, 3.8) is 0 Å². The van der Waals surface area contributed by atoms with Crippen molar-refractivity contribution in [2.45, 2.75) is 33.0 Å². The van der Waals surface area contributed by atoms with Crippen LogP contribution in [0.15, 0.2) is 0 Å². The minimum Gasteiger partial charge on any atom is -0.479 e. The highest BCUT2D eigenvalue weighted by Gasteiger charge is 2.21. The van der Waals surface area contributed by atoms with Crippen LogP contribution in [0.25, 0.3) is 0 Å². The summed E-state index contributed by atoms with van der Waals surface area (Å²) < 4.78 is 4.86. The summed E-state index contributed by atoms with van der Waals surface area (Å²) in [4.78, 5) is 32.7. The normalized spacial score (nSPS) is 13.7. The topological polar surface area (TPSA) is 105 Å². The van der Waals surface area contributed by atoms with Gasteiger partial charge in [0.25, 0.3) is 5.91 Å². The van der Waals surface area contributed by atoms with Gasteiger partial charge in [-0.2, -0.15) is 0 Å². The molecule has 16 heavy (non-hydrogen) atoms. The molecular weight excluding hydrogens is 216 g/mol. The summed E-state index contributed by atoms with van der Waals surface area (Å²) in [5.41, 5.74) is 0. The summed E-state index contributed by atoms with van der Waals surface area (Å²) >= 11 is 0. The molecule has 7 nitrogen and oxygen atoms in total. The second-order valence-corrected chi connectivity index (χ2v) is 3.11. The fourth-order valence-electron chi connectivity index (χ4n) is 0.844. The van der Waals surface area contributed by atoms with Crippen LogP contribution in [0.3, 0.4) is 0 Å². The van der Waals surface area contributed by atoms with Gasteiger partial charge in [0.05, 0.1) is 0 Å². The molecule has 0 fully saturated rings. The Morgan fingerprint density at radius 2 is 1.81 bits per heavy atom. The number of carbonyl (C=O) groups is 3. The number of urea groups is 1. The molecular formula is C9H16N2O5. The average molecular weight is 232 g/mol. The van der Waals surface area contributed by atoms with Crippen molar-refractivity contribution in [1.82, 2.24) is 10.6 Å². The van der Waals surface area contributed by atoms with Crippen LogP contribution in [-0.4, -0.2) is 41.8 Å². The van der Waals surface area contributed by atoms with E-state index in [4.69, 9.17) is 9.84 Å². The number of rotatable bonds is 5. The second kappa shape index (κ2) is 6.78. The average Bonchev–Trinajstić information content (AvgIpc) is 2.17. The predicted molar refractivity (Wildman–Crippen MR) is 54.9 cm³/mol. The van der Waals surface area contributed by atoms with Crippen molar-refractivity contribution in [2.75, 3.05) is 6.54 Å². The van der Waals surface area contributed by atoms with Gasteiger partial charge < -0.3 is 15.2 Å². The van der Waals surface area contributed by atoms with Crippen LogP contribution in [0, 0.1) is 0 Å². The molecule has 92 valence electrons. The van der Waals surface area contributed by atoms with Crippen LogP contribution in [0.2, 0.25) is 0 Å². The molecule has 0 aromatic rings. The number of ether oxygens (including phenoxy) is 1. The Balaban J connectivity index is 4.08. The largest absolute Gasteiger partial charge is 0.479 e. The van der Waals surface area contributed by atoms with Gasteiger partial charge >= 0.3 is 12.0 Å². The van der Waals surface area contributed by atoms with Crippen LogP contribution in [-0.2, 0) is 14.3 Å². The molecule has 0 aromatic heterocycles. The Morgan fingerprint density at radius 1 is 1.25 bits per heavy atom. The van der Waals surface area contributed by atoms with E-state index in [2.05, 4.69) is 5.32 Å². The summed E-state index contributed by atoms with van der Waals surface area (Å²) in [6.07, 6.45) is -2.11. The maximum absolute atomic E-state index is 11.3. The molecule has 2 atom stereocenters. The summed E-state index contributed by atoms with van der Waals surface area (Å²) in [7, 11) is 0. The lowest BCUT2D eigenvalue weighted by atomic mass is 10.3. The number of imide groups is 1. The van der Waals surface area contributed by atoms with Crippen LogP contribution in [0.4, 0.5) is 4.79 Å². The third-order valence-corrected chi connectivity index (χ3v) is 1.70. The fraction of sp³-hybridized carbons (Fsp3) is 0.667. The van der Waals surface area contributed by atoms with Crippen molar-refractivity contribution >= 4 is 17.9 Å². The van der Waals surface area contributed by atoms with E-state index in [1.807, 2.05) is 5.32 Å². The first-order valence-electron chi connectivity index (χ1n) is 4.85. The van der Waals surface area contributed by atoms with Crippen LogP contribution in [0.1, 0.15) is 20.8 Å². The third-order valence-electron chi connectivity index (χ3n) is 1.70. The van der Waals surface area contributed by atoms with Crippen molar-refractivity contribution in [3.05, 3.63) is 0 Å². The molecule has 3 N–H and O–H groups in total. The van der Waals surface area contributed by atoms with E-state index in [9.17, 15) is 14.4 Å². The van der Waals surface area contributed by atoms with Crippen LogP contribution in [0.5, 0.6) is 0 Å². The highest BCUT2D eigenvalue weighted by Crippen LogP contribution is 1.98. The maximum atomic E-state index is 11.3. The lowest BCUT2D eigenvalue weighted by molar-refractivity contribution is -0.155. The van der Waals surface area contributed by atoms with Crippen LogP contribution < -0.4 is 10.6 Å². The van der Waals surface area contributed by atoms with E-state index < -0.39 is 30.1 Å². The van der Waals surface area contributed by atoms with Crippen molar-refractivity contribution < 1.29 is 24.2 Å². The van der Waals surface area contributed by atoms with E-state index in [-0.39, 0.29) is 0 Å². The van der Waals surface area contributed by atoms with Crippen LogP contribution >= 0.6 is 0 Å². The summed E-state index contributed by atoms with van der Waals surface area (Å²) in [6.45, 7) is 4.77. The van der Waals surface area contributed by atoms with Crippen molar-refractivity contribution in [1.29, 1.82) is 0 Å². The SMILES string of the molecule is CCNC(=O)NC(=O)C(C)O[C@H](C)C(=O)O. The molecule has 0 radical (unpaired) electrons. The van der Waals surface area contributed by atoms with E-state index in [0.29, 0.717) is 6.54 Å². The molecule has 0 saturated heterocycles. The molecule has 0 bridgehead atoms. The van der Waals surface area contributed by atoms with Gasteiger partial charge in [0, 0.05) is 6.54 Å². The zero-order chi connectivity index (χ0) is 12.7. The number of carboxylic acid groups (broad SMARTS) is 1. The predicted octanol–water partition coefficient (Wildman–Crippen LogP) is -0.290. The number of hydrogen-bond donors (Lipinski definition) is 3. The van der Waals surface area contributed by atoms with Crippen molar-refractivity contribution in [2.24, 2.45) is 0 Å². The molecule has 0 heterocycles. The van der Waals surface area contributed by atoms with E-state index >= 15 is 0 Å². The van der Waals surface area contributed by atoms with Gasteiger partial charge in [0.2, 0.25) is 0 Å². The first-order chi connectivity index (χ1) is 7.38. The molecule has 0 rings (SSSR count). The minimum atomic E-state index is -1.17. The lowest BCUT2D eigenvalue weighted by Crippen LogP contribution is -2.45. The van der Waals surface area contributed by atoms with E-state index in [1.54, 1.807) is 6.92 Å². The van der Waals surface area contributed by atoms with Gasteiger partial charge in [-0.05, 0) is 20.8 Å². The molecule has 0 aliphatic rings. The summed E-state index contributed by atoms with van der Waals surface area (Å²) in [6, 6.07) is -0.633. The zero-order valence-corrected chi connectivity index (χ0v) is 9.44.